The molecular weight excluding hydrogens is 288 g/mol. The molecule has 0 aromatic carbocycles. The van der Waals surface area contributed by atoms with Crippen LogP contribution in [-0.4, -0.2) is 22.3 Å². The number of carbonyl (C=O) groups excluding carboxylic acids is 2. The fourth-order valence-corrected chi connectivity index (χ4v) is 7.08. The lowest BCUT2D eigenvalue weighted by molar-refractivity contribution is -0.166. The highest BCUT2D eigenvalue weighted by molar-refractivity contribution is 5.90. The normalized spacial score (nSPS) is 56.0. The molecule has 4 aliphatic rings. The van der Waals surface area contributed by atoms with E-state index < -0.39 is 5.60 Å². The van der Waals surface area contributed by atoms with Gasteiger partial charge in [-0.25, -0.2) is 0 Å². The van der Waals surface area contributed by atoms with Crippen LogP contribution in [0.5, 0.6) is 0 Å². The van der Waals surface area contributed by atoms with Crippen LogP contribution in [0.2, 0.25) is 0 Å². The highest BCUT2D eigenvalue weighted by atomic mass is 16.3. The molecule has 0 heterocycles. The van der Waals surface area contributed by atoms with E-state index in [2.05, 4.69) is 13.8 Å². The second-order valence-electron chi connectivity index (χ2n) is 9.62. The van der Waals surface area contributed by atoms with Gasteiger partial charge in [-0.1, -0.05) is 13.8 Å². The fraction of sp³-hybridized carbons (Fsp3) is 0.900. The van der Waals surface area contributed by atoms with Crippen LogP contribution >= 0.6 is 0 Å². The summed E-state index contributed by atoms with van der Waals surface area (Å²) in [6.45, 7) is 6.54. The predicted octanol–water partition coefficient (Wildman–Crippen LogP) is 3.53. The lowest BCUT2D eigenvalue weighted by atomic mass is 9.44. The van der Waals surface area contributed by atoms with Crippen molar-refractivity contribution in [1.82, 2.24) is 0 Å². The molecule has 0 aromatic rings. The third-order valence-electron chi connectivity index (χ3n) is 8.84. The van der Waals surface area contributed by atoms with E-state index in [0.717, 1.165) is 32.1 Å². The van der Waals surface area contributed by atoms with Crippen LogP contribution in [0.15, 0.2) is 0 Å². The maximum Gasteiger partial charge on any atom is 0.137 e. The van der Waals surface area contributed by atoms with Crippen LogP contribution in [-0.2, 0) is 9.59 Å². The summed E-state index contributed by atoms with van der Waals surface area (Å²) in [5.41, 5.74) is -0.613. The summed E-state index contributed by atoms with van der Waals surface area (Å²) in [6, 6.07) is 0. The summed E-state index contributed by atoms with van der Waals surface area (Å²) in [7, 11) is 0. The minimum atomic E-state index is -0.591. The Morgan fingerprint density at radius 3 is 2.39 bits per heavy atom. The molecule has 7 atom stereocenters. The van der Waals surface area contributed by atoms with E-state index in [1.807, 2.05) is 6.92 Å². The van der Waals surface area contributed by atoms with Crippen LogP contribution in [0.1, 0.15) is 72.1 Å². The summed E-state index contributed by atoms with van der Waals surface area (Å²) in [5, 5.41) is 10.9. The van der Waals surface area contributed by atoms with Gasteiger partial charge in [-0.2, -0.15) is 0 Å². The van der Waals surface area contributed by atoms with Crippen molar-refractivity contribution in [3.8, 4) is 0 Å². The Morgan fingerprint density at radius 1 is 0.957 bits per heavy atom. The summed E-state index contributed by atoms with van der Waals surface area (Å²) in [6.07, 6.45) is 6.78. The summed E-state index contributed by atoms with van der Waals surface area (Å²) in [4.78, 5) is 24.8. The molecule has 4 fully saturated rings. The first-order valence-electron chi connectivity index (χ1n) is 9.46. The predicted molar refractivity (Wildman–Crippen MR) is 87.7 cm³/mol. The molecule has 23 heavy (non-hydrogen) atoms. The Morgan fingerprint density at radius 2 is 1.65 bits per heavy atom. The molecule has 0 radical (unpaired) electrons. The molecule has 128 valence electrons. The third kappa shape index (κ3) is 1.92. The number of ketones is 2. The monoisotopic (exact) mass is 318 g/mol. The van der Waals surface area contributed by atoms with E-state index in [0.29, 0.717) is 42.8 Å². The van der Waals surface area contributed by atoms with Gasteiger partial charge in [0.2, 0.25) is 0 Å². The van der Waals surface area contributed by atoms with Crippen LogP contribution in [0.4, 0.5) is 0 Å². The number of aliphatic hydroxyl groups is 1. The molecule has 4 aliphatic carbocycles. The Labute approximate surface area is 139 Å². The molecule has 0 bridgehead atoms. The molecule has 4 rings (SSSR count). The van der Waals surface area contributed by atoms with Crippen molar-refractivity contribution in [3.05, 3.63) is 0 Å². The number of fused-ring (bicyclic) bond motifs is 5. The second kappa shape index (κ2) is 4.68. The SMILES string of the molecule is CC1(O)CC[C@H]2[C@@H]3CC(=O)C4CC(=O)CC[C@]4(C)[C@H]3CC[C@@]21C. The molecule has 0 amide bonds. The standard InChI is InChI=1S/C20H30O3/c1-18-7-4-12(21)10-16(18)17(22)11-13-14(18)5-8-19(2)15(13)6-9-20(19,3)23/h13-16,23H,4-11H2,1-3H3/t13-,14+,15+,16?,18-,19+,20?/m1/s1. The first kappa shape index (κ1) is 15.8. The van der Waals surface area contributed by atoms with Crippen LogP contribution < -0.4 is 0 Å². The highest BCUT2D eigenvalue weighted by Gasteiger charge is 2.64. The number of hydrogen-bond donors (Lipinski definition) is 1. The quantitative estimate of drug-likeness (QED) is 0.743. The summed E-state index contributed by atoms with van der Waals surface area (Å²) < 4.78 is 0. The molecule has 3 nitrogen and oxygen atoms in total. The van der Waals surface area contributed by atoms with E-state index in [4.69, 9.17) is 0 Å². The van der Waals surface area contributed by atoms with E-state index in [1.54, 1.807) is 0 Å². The van der Waals surface area contributed by atoms with E-state index >= 15 is 0 Å². The summed E-state index contributed by atoms with van der Waals surface area (Å²) in [5.74, 6) is 2.03. The number of Topliss-reactive ketones (excluding diaryl/α,β-unsaturated/α-hetero) is 2. The zero-order valence-corrected chi connectivity index (χ0v) is 14.7. The lowest BCUT2D eigenvalue weighted by Crippen LogP contribution is -2.58. The van der Waals surface area contributed by atoms with Gasteiger partial charge in [0, 0.05) is 25.2 Å². The van der Waals surface area contributed by atoms with Crippen LogP contribution in [0, 0.1) is 34.5 Å². The Hall–Kier alpha value is -0.700. The maximum atomic E-state index is 12.9. The molecule has 0 aromatic heterocycles. The van der Waals surface area contributed by atoms with Gasteiger partial charge in [-0.3, -0.25) is 9.59 Å². The number of rotatable bonds is 0. The van der Waals surface area contributed by atoms with Gasteiger partial charge >= 0.3 is 0 Å². The third-order valence-corrected chi connectivity index (χ3v) is 8.84. The summed E-state index contributed by atoms with van der Waals surface area (Å²) >= 11 is 0. The average molecular weight is 318 g/mol. The van der Waals surface area contributed by atoms with Crippen molar-refractivity contribution in [2.45, 2.75) is 77.7 Å². The molecular formula is C20H30O3. The Balaban J connectivity index is 1.70. The molecule has 2 unspecified atom stereocenters. The van der Waals surface area contributed by atoms with Gasteiger partial charge in [0.05, 0.1) is 5.60 Å². The van der Waals surface area contributed by atoms with Gasteiger partial charge in [-0.05, 0) is 67.6 Å². The van der Waals surface area contributed by atoms with Crippen molar-refractivity contribution >= 4 is 11.6 Å². The first-order chi connectivity index (χ1) is 10.7. The maximum absolute atomic E-state index is 12.9. The number of carbonyl (C=O) groups is 2. The highest BCUT2D eigenvalue weighted by Crippen LogP contribution is 2.67. The van der Waals surface area contributed by atoms with Crippen molar-refractivity contribution in [2.24, 2.45) is 34.5 Å². The molecule has 3 heteroatoms. The molecule has 4 saturated carbocycles. The van der Waals surface area contributed by atoms with Gasteiger partial charge in [-0.15, -0.1) is 0 Å². The molecule has 1 N–H and O–H groups in total. The Bertz CT molecular complexity index is 565. The van der Waals surface area contributed by atoms with E-state index in [9.17, 15) is 14.7 Å². The van der Waals surface area contributed by atoms with Gasteiger partial charge < -0.3 is 5.11 Å². The topological polar surface area (TPSA) is 54.4 Å². The van der Waals surface area contributed by atoms with Crippen molar-refractivity contribution in [3.63, 3.8) is 0 Å². The smallest absolute Gasteiger partial charge is 0.137 e. The van der Waals surface area contributed by atoms with E-state index in [1.165, 1.54) is 0 Å². The molecule has 0 spiro atoms. The molecule has 0 saturated heterocycles. The molecule has 0 aliphatic heterocycles. The van der Waals surface area contributed by atoms with Crippen molar-refractivity contribution in [1.29, 1.82) is 0 Å². The van der Waals surface area contributed by atoms with E-state index in [-0.39, 0.29) is 22.5 Å². The van der Waals surface area contributed by atoms with Crippen LogP contribution in [0.25, 0.3) is 0 Å². The average Bonchev–Trinajstić information content (AvgIpc) is 2.72. The lowest BCUT2D eigenvalue weighted by Gasteiger charge is -2.60. The van der Waals surface area contributed by atoms with Gasteiger partial charge in [0.25, 0.3) is 0 Å². The van der Waals surface area contributed by atoms with Crippen molar-refractivity contribution < 1.29 is 14.7 Å². The first-order valence-corrected chi connectivity index (χ1v) is 9.46. The largest absolute Gasteiger partial charge is 0.390 e. The van der Waals surface area contributed by atoms with Crippen molar-refractivity contribution in [2.75, 3.05) is 0 Å². The van der Waals surface area contributed by atoms with Crippen LogP contribution in [0.3, 0.4) is 0 Å². The van der Waals surface area contributed by atoms with Gasteiger partial charge in [0.15, 0.2) is 0 Å². The second-order valence-corrected chi connectivity index (χ2v) is 9.62. The fourth-order valence-electron chi connectivity index (χ4n) is 7.08. The number of hydrogen-bond acceptors (Lipinski definition) is 3. The zero-order chi connectivity index (χ0) is 16.6. The van der Waals surface area contributed by atoms with Gasteiger partial charge in [0.1, 0.15) is 11.6 Å². The Kier molecular flexibility index (Phi) is 3.22. The minimum absolute atomic E-state index is 0.0175. The minimum Gasteiger partial charge on any atom is -0.390 e. The zero-order valence-electron chi connectivity index (χ0n) is 14.7.